The van der Waals surface area contributed by atoms with Crippen LogP contribution in [-0.4, -0.2) is 0 Å². The molecule has 0 amide bonds. The largest absolute Gasteiger partial charge is 0.488 e. The minimum Gasteiger partial charge on any atom is -0.488 e. The fraction of sp³-hybridized carbons (Fsp3) is 0.417. The van der Waals surface area contributed by atoms with E-state index in [1.54, 1.807) is 0 Å². The van der Waals surface area contributed by atoms with Gasteiger partial charge in [0.2, 0.25) is 0 Å². The normalized spacial score (nSPS) is 12.7. The van der Waals surface area contributed by atoms with Gasteiger partial charge >= 0.3 is 0 Å². The molecule has 0 aliphatic carbocycles. The van der Waals surface area contributed by atoms with Crippen LogP contribution in [0, 0.1) is 17.3 Å². The molecular weight excluding hydrogens is 304 g/mol. The molecule has 2 aromatic rings. The summed E-state index contributed by atoms with van der Waals surface area (Å²) in [5.74, 6) is 7.48. The van der Waals surface area contributed by atoms with Crippen LogP contribution < -0.4 is 4.74 Å². The van der Waals surface area contributed by atoms with Crippen LogP contribution in [0.2, 0.25) is 0 Å². The van der Waals surface area contributed by atoms with Crippen LogP contribution >= 0.6 is 0 Å². The first-order chi connectivity index (χ1) is 11.1. The molecule has 1 heterocycles. The lowest BCUT2D eigenvalue weighted by Gasteiger charge is -2.25. The van der Waals surface area contributed by atoms with E-state index in [2.05, 4.69) is 89.8 Å². The molecule has 2 aromatic carbocycles. The second kappa shape index (κ2) is 6.60. The second-order valence-electron chi connectivity index (χ2n) is 8.62. The lowest BCUT2D eigenvalue weighted by molar-refractivity contribution is 0.302. The van der Waals surface area contributed by atoms with E-state index in [-0.39, 0.29) is 18.3 Å². The van der Waals surface area contributed by atoms with Gasteiger partial charge < -0.3 is 4.74 Å². The Labute approximate surface area is 153 Å². The average Bonchev–Trinajstić information content (AvgIpc) is 2.50. The zero-order valence-electron chi connectivity index (χ0n) is 15.6. The molecule has 0 saturated carbocycles. The summed E-state index contributed by atoms with van der Waals surface area (Å²) in [5, 5.41) is 0. The fourth-order valence-electron chi connectivity index (χ4n) is 2.80. The Kier molecular flexibility index (Phi) is 5.05. The number of fused-ring (bicyclic) bond motifs is 3. The Bertz CT molecular complexity index is 833. The lowest BCUT2D eigenvalue weighted by Crippen LogP contribution is -2.13. The standard InChI is InChI=1S/C23H26O.CH4/c1-22(2,3)12-11-16-7-9-20-19-10-8-18(23(4,5)6)14-17(19)15-24-21(20)13-16;/h7-10,13-14H,15H2,1-6H3;1H4. The third-order valence-corrected chi connectivity index (χ3v) is 4.21. The van der Waals surface area contributed by atoms with Gasteiger partial charge in [0.25, 0.3) is 0 Å². The van der Waals surface area contributed by atoms with Gasteiger partial charge in [-0.15, -0.1) is 0 Å². The number of ether oxygens (including phenoxy) is 1. The maximum Gasteiger partial charge on any atom is 0.128 e. The number of hydrogen-bond acceptors (Lipinski definition) is 1. The zero-order valence-corrected chi connectivity index (χ0v) is 15.6. The van der Waals surface area contributed by atoms with Crippen LogP contribution in [0.15, 0.2) is 36.4 Å². The molecule has 1 aliphatic heterocycles. The quantitative estimate of drug-likeness (QED) is 0.495. The van der Waals surface area contributed by atoms with Crippen LogP contribution in [0.3, 0.4) is 0 Å². The van der Waals surface area contributed by atoms with Gasteiger partial charge in [-0.25, -0.2) is 0 Å². The monoisotopic (exact) mass is 334 g/mol. The van der Waals surface area contributed by atoms with Crippen molar-refractivity contribution < 1.29 is 4.74 Å². The van der Waals surface area contributed by atoms with Gasteiger partial charge in [-0.05, 0) is 61.1 Å². The topological polar surface area (TPSA) is 9.23 Å². The highest BCUT2D eigenvalue weighted by Gasteiger charge is 2.21. The molecule has 0 bridgehead atoms. The lowest BCUT2D eigenvalue weighted by atomic mass is 9.84. The van der Waals surface area contributed by atoms with E-state index in [1.165, 1.54) is 16.7 Å². The number of hydrogen-bond donors (Lipinski definition) is 0. The Balaban J connectivity index is 0.00000225. The summed E-state index contributed by atoms with van der Waals surface area (Å²) in [4.78, 5) is 0. The highest BCUT2D eigenvalue weighted by Crippen LogP contribution is 2.39. The van der Waals surface area contributed by atoms with E-state index in [1.807, 2.05) is 0 Å². The van der Waals surface area contributed by atoms with E-state index >= 15 is 0 Å². The first-order valence-electron chi connectivity index (χ1n) is 8.57. The predicted octanol–water partition coefficient (Wildman–Crippen LogP) is 6.58. The number of rotatable bonds is 0. The highest BCUT2D eigenvalue weighted by molar-refractivity contribution is 5.76. The Morgan fingerprint density at radius 1 is 0.880 bits per heavy atom. The summed E-state index contributed by atoms with van der Waals surface area (Å²) in [6.45, 7) is 13.7. The summed E-state index contributed by atoms with van der Waals surface area (Å²) in [5.41, 5.74) is 6.23. The summed E-state index contributed by atoms with van der Waals surface area (Å²) in [6.07, 6.45) is 0. The van der Waals surface area contributed by atoms with E-state index < -0.39 is 0 Å². The third-order valence-electron chi connectivity index (χ3n) is 4.21. The Hall–Kier alpha value is -2.20. The van der Waals surface area contributed by atoms with E-state index in [0.29, 0.717) is 6.61 Å². The van der Waals surface area contributed by atoms with Crippen LogP contribution in [0.1, 0.15) is 65.7 Å². The SMILES string of the molecule is C.CC(C)(C)C#Cc1ccc2c(c1)OCc1cc(C(C)(C)C)ccc1-2. The molecule has 0 fully saturated rings. The van der Waals surface area contributed by atoms with Crippen LogP contribution in [0.5, 0.6) is 5.75 Å². The van der Waals surface area contributed by atoms with Crippen molar-refractivity contribution in [1.29, 1.82) is 0 Å². The Morgan fingerprint density at radius 2 is 1.56 bits per heavy atom. The molecule has 132 valence electrons. The molecule has 0 N–H and O–H groups in total. The van der Waals surface area contributed by atoms with Gasteiger partial charge in [0.15, 0.2) is 0 Å². The van der Waals surface area contributed by atoms with Crippen LogP contribution in [-0.2, 0) is 12.0 Å². The highest BCUT2D eigenvalue weighted by atomic mass is 16.5. The molecule has 1 aliphatic rings. The fourth-order valence-corrected chi connectivity index (χ4v) is 2.80. The van der Waals surface area contributed by atoms with Crippen molar-refractivity contribution in [3.05, 3.63) is 53.1 Å². The summed E-state index contributed by atoms with van der Waals surface area (Å²) in [6, 6.07) is 13.0. The van der Waals surface area contributed by atoms with Gasteiger partial charge in [0, 0.05) is 16.5 Å². The minimum absolute atomic E-state index is 0. The van der Waals surface area contributed by atoms with Crippen molar-refractivity contribution in [3.8, 4) is 28.7 Å². The minimum atomic E-state index is 0. The zero-order chi connectivity index (χ0) is 17.5. The molecule has 1 heteroatoms. The van der Waals surface area contributed by atoms with Crippen molar-refractivity contribution in [3.63, 3.8) is 0 Å². The summed E-state index contributed by atoms with van der Waals surface area (Å²) in [7, 11) is 0. The number of benzene rings is 2. The molecule has 0 radical (unpaired) electrons. The van der Waals surface area contributed by atoms with Crippen molar-refractivity contribution in [2.75, 3.05) is 0 Å². The van der Waals surface area contributed by atoms with Crippen LogP contribution in [0.4, 0.5) is 0 Å². The van der Waals surface area contributed by atoms with Gasteiger partial charge in [-0.3, -0.25) is 0 Å². The molecule has 0 unspecified atom stereocenters. The van der Waals surface area contributed by atoms with Gasteiger partial charge in [0.05, 0.1) is 0 Å². The van der Waals surface area contributed by atoms with Crippen molar-refractivity contribution in [1.82, 2.24) is 0 Å². The van der Waals surface area contributed by atoms with Gasteiger partial charge in [-0.1, -0.05) is 58.2 Å². The molecule has 3 rings (SSSR count). The van der Waals surface area contributed by atoms with Crippen LogP contribution in [0.25, 0.3) is 11.1 Å². The molecule has 0 spiro atoms. The maximum absolute atomic E-state index is 6.02. The van der Waals surface area contributed by atoms with E-state index in [9.17, 15) is 0 Å². The third kappa shape index (κ3) is 4.26. The summed E-state index contributed by atoms with van der Waals surface area (Å²) < 4.78 is 6.02. The molecule has 1 nitrogen and oxygen atoms in total. The van der Waals surface area contributed by atoms with Gasteiger partial charge in [-0.2, -0.15) is 0 Å². The molecule has 0 saturated heterocycles. The molecule has 0 atom stereocenters. The first kappa shape index (κ1) is 19.1. The Morgan fingerprint density at radius 3 is 2.20 bits per heavy atom. The molecular formula is C24H30O. The second-order valence-corrected chi connectivity index (χ2v) is 8.62. The molecule has 0 aromatic heterocycles. The van der Waals surface area contributed by atoms with E-state index in [0.717, 1.165) is 16.9 Å². The predicted molar refractivity (Wildman–Crippen MR) is 108 cm³/mol. The summed E-state index contributed by atoms with van der Waals surface area (Å²) >= 11 is 0. The van der Waals surface area contributed by atoms with Crippen molar-refractivity contribution in [2.45, 2.75) is 61.0 Å². The molecule has 25 heavy (non-hydrogen) atoms. The average molecular weight is 335 g/mol. The smallest absolute Gasteiger partial charge is 0.128 e. The van der Waals surface area contributed by atoms with Crippen molar-refractivity contribution >= 4 is 0 Å². The first-order valence-corrected chi connectivity index (χ1v) is 8.57. The van der Waals surface area contributed by atoms with E-state index in [4.69, 9.17) is 4.74 Å². The van der Waals surface area contributed by atoms with Crippen molar-refractivity contribution in [2.24, 2.45) is 5.41 Å². The van der Waals surface area contributed by atoms with Gasteiger partial charge in [0.1, 0.15) is 12.4 Å². The maximum atomic E-state index is 6.02.